The summed E-state index contributed by atoms with van der Waals surface area (Å²) in [6, 6.07) is 21.1. The molecule has 0 spiro atoms. The van der Waals surface area contributed by atoms with Crippen LogP contribution in [0.3, 0.4) is 0 Å². The molecule has 1 saturated heterocycles. The topological polar surface area (TPSA) is 75.6 Å². The minimum Gasteiger partial charge on any atom is -0.323 e. The number of hydrogen-bond donors (Lipinski definition) is 2. The van der Waals surface area contributed by atoms with Crippen molar-refractivity contribution in [3.05, 3.63) is 71.3 Å². The summed E-state index contributed by atoms with van der Waals surface area (Å²) in [7, 11) is 0. The van der Waals surface area contributed by atoms with Crippen molar-refractivity contribution in [1.29, 1.82) is 0 Å². The van der Waals surface area contributed by atoms with E-state index in [0.29, 0.717) is 12.3 Å². The van der Waals surface area contributed by atoms with Gasteiger partial charge in [0, 0.05) is 34.4 Å². The lowest BCUT2D eigenvalue weighted by Crippen LogP contribution is -2.39. The zero-order chi connectivity index (χ0) is 24.3. The van der Waals surface area contributed by atoms with Crippen LogP contribution < -0.4 is 5.32 Å². The number of aromatic nitrogens is 4. The van der Waals surface area contributed by atoms with E-state index in [-0.39, 0.29) is 11.3 Å². The Bertz CT molecular complexity index is 1610. The summed E-state index contributed by atoms with van der Waals surface area (Å²) >= 11 is 3.70. The normalized spacial score (nSPS) is 19.9. The lowest BCUT2D eigenvalue weighted by Gasteiger charge is -2.28. The number of aromatic amines is 1. The number of ketones is 1. The third kappa shape index (κ3) is 3.61. The van der Waals surface area contributed by atoms with Gasteiger partial charge in [0.1, 0.15) is 17.1 Å². The lowest BCUT2D eigenvalue weighted by molar-refractivity contribution is -0.129. The summed E-state index contributed by atoms with van der Waals surface area (Å²) in [6.45, 7) is 2.28. The maximum atomic E-state index is 13.5. The zero-order valence-electron chi connectivity index (χ0n) is 19.8. The summed E-state index contributed by atoms with van der Waals surface area (Å²) in [5, 5.41) is 11.8. The predicted octanol–water partition coefficient (Wildman–Crippen LogP) is 5.97. The van der Waals surface area contributed by atoms with Crippen molar-refractivity contribution in [2.75, 3.05) is 13.1 Å². The van der Waals surface area contributed by atoms with E-state index >= 15 is 0 Å². The number of halogens is 1. The predicted molar refractivity (Wildman–Crippen MR) is 146 cm³/mol. The van der Waals surface area contributed by atoms with Gasteiger partial charge >= 0.3 is 0 Å². The SMILES string of the molecule is O=C(C1CC1)[C@@]1(Cn2c(-c3ccc(-c4ccc5cn[nH]c5c4)cc3)nc3c(Br)cccc32)CCNC1. The highest BCUT2D eigenvalue weighted by Gasteiger charge is 2.48. The summed E-state index contributed by atoms with van der Waals surface area (Å²) in [4.78, 5) is 18.6. The number of hydrogen-bond acceptors (Lipinski definition) is 4. The molecule has 1 aliphatic carbocycles. The van der Waals surface area contributed by atoms with Gasteiger partial charge < -0.3 is 9.88 Å². The average molecular weight is 540 g/mol. The van der Waals surface area contributed by atoms with E-state index in [0.717, 1.165) is 81.3 Å². The van der Waals surface area contributed by atoms with Crippen molar-refractivity contribution in [3.8, 4) is 22.5 Å². The van der Waals surface area contributed by atoms with Gasteiger partial charge in [0.05, 0.1) is 22.6 Å². The molecule has 7 rings (SSSR count). The number of fused-ring (bicyclic) bond motifs is 2. The molecule has 1 atom stereocenters. The van der Waals surface area contributed by atoms with Crippen molar-refractivity contribution in [2.45, 2.75) is 25.8 Å². The molecule has 7 heteroatoms. The fourth-order valence-electron chi connectivity index (χ4n) is 5.67. The molecule has 1 saturated carbocycles. The molecule has 5 aromatic rings. The van der Waals surface area contributed by atoms with Gasteiger partial charge in [0.15, 0.2) is 0 Å². The van der Waals surface area contributed by atoms with Gasteiger partial charge in [-0.3, -0.25) is 9.89 Å². The van der Waals surface area contributed by atoms with Crippen molar-refractivity contribution in [3.63, 3.8) is 0 Å². The van der Waals surface area contributed by atoms with Gasteiger partial charge in [-0.15, -0.1) is 0 Å². The number of imidazole rings is 1. The van der Waals surface area contributed by atoms with E-state index in [1.807, 2.05) is 18.3 Å². The van der Waals surface area contributed by atoms with Gasteiger partial charge in [-0.1, -0.05) is 42.5 Å². The van der Waals surface area contributed by atoms with Crippen molar-refractivity contribution >= 4 is 43.6 Å². The Kier molecular flexibility index (Phi) is 5.11. The van der Waals surface area contributed by atoms with Crippen LogP contribution >= 0.6 is 15.9 Å². The summed E-state index contributed by atoms with van der Waals surface area (Å²) in [5.41, 5.74) is 5.97. The van der Waals surface area contributed by atoms with Crippen LogP contribution in [0.25, 0.3) is 44.5 Å². The number of nitrogens with zero attached hydrogens (tertiary/aromatic N) is 3. The first-order valence-electron chi connectivity index (χ1n) is 12.6. The first-order chi connectivity index (χ1) is 17.6. The van der Waals surface area contributed by atoms with Gasteiger partial charge in [-0.2, -0.15) is 5.10 Å². The molecule has 3 aromatic carbocycles. The van der Waals surface area contributed by atoms with Gasteiger partial charge in [0.2, 0.25) is 0 Å². The van der Waals surface area contributed by atoms with E-state index in [9.17, 15) is 4.79 Å². The van der Waals surface area contributed by atoms with E-state index in [1.54, 1.807) is 0 Å². The summed E-state index contributed by atoms with van der Waals surface area (Å²) in [5.74, 6) is 1.57. The average Bonchev–Trinajstić information content (AvgIpc) is 3.29. The molecule has 0 radical (unpaired) electrons. The molecule has 36 heavy (non-hydrogen) atoms. The van der Waals surface area contributed by atoms with E-state index < -0.39 is 0 Å². The molecular weight excluding hydrogens is 514 g/mol. The number of nitrogens with one attached hydrogen (secondary N) is 2. The van der Waals surface area contributed by atoms with Gasteiger partial charge in [-0.05, 0) is 71.1 Å². The standard InChI is InChI=1S/C29H26BrN5O/c30-23-2-1-3-25-26(23)33-28(35(25)17-29(12-13-31-16-29)27(36)19-6-7-19)20-8-4-18(5-9-20)21-10-11-22-15-32-34-24(22)14-21/h1-5,8-11,14-15,19,31H,6-7,12-13,16-17H2,(H,32,34)/t29-/m0/s1. The molecule has 1 aliphatic heterocycles. The third-order valence-electron chi connectivity index (χ3n) is 7.82. The van der Waals surface area contributed by atoms with Crippen LogP contribution in [-0.4, -0.2) is 38.6 Å². The number of Topliss-reactive ketones (excluding diaryl/α,β-unsaturated/α-hetero) is 1. The highest BCUT2D eigenvalue weighted by Crippen LogP contribution is 2.43. The monoisotopic (exact) mass is 539 g/mol. The molecular formula is C29H26BrN5O. The lowest BCUT2D eigenvalue weighted by atomic mass is 9.80. The van der Waals surface area contributed by atoms with Crippen molar-refractivity contribution in [1.82, 2.24) is 25.1 Å². The molecule has 180 valence electrons. The first kappa shape index (κ1) is 21.9. The quantitative estimate of drug-likeness (QED) is 0.279. The molecule has 2 N–H and O–H groups in total. The number of carbonyl (C=O) groups is 1. The van der Waals surface area contributed by atoms with Crippen LogP contribution in [0.15, 0.2) is 71.3 Å². The smallest absolute Gasteiger partial charge is 0.145 e. The Morgan fingerprint density at radius 1 is 1.06 bits per heavy atom. The van der Waals surface area contributed by atoms with Crippen LogP contribution in [-0.2, 0) is 11.3 Å². The molecule has 2 aliphatic rings. The number of rotatable bonds is 6. The largest absolute Gasteiger partial charge is 0.323 e. The van der Waals surface area contributed by atoms with E-state index in [2.05, 4.69) is 84.5 Å². The first-order valence-corrected chi connectivity index (χ1v) is 13.3. The van der Waals surface area contributed by atoms with Gasteiger partial charge in [0.25, 0.3) is 0 Å². The molecule has 2 fully saturated rings. The highest BCUT2D eigenvalue weighted by molar-refractivity contribution is 9.10. The second-order valence-corrected chi connectivity index (χ2v) is 11.1. The minimum atomic E-state index is -0.370. The molecule has 0 unspecified atom stereocenters. The second-order valence-electron chi connectivity index (χ2n) is 10.2. The maximum absolute atomic E-state index is 13.5. The number of benzene rings is 3. The molecule has 3 heterocycles. The number of para-hydroxylation sites is 1. The summed E-state index contributed by atoms with van der Waals surface area (Å²) < 4.78 is 3.25. The van der Waals surface area contributed by atoms with Crippen LogP contribution in [0, 0.1) is 11.3 Å². The Labute approximate surface area is 217 Å². The number of H-pyrrole nitrogens is 1. The molecule has 6 nitrogen and oxygen atoms in total. The molecule has 0 amide bonds. The van der Waals surface area contributed by atoms with Crippen LogP contribution in [0.4, 0.5) is 0 Å². The van der Waals surface area contributed by atoms with E-state index in [1.165, 1.54) is 0 Å². The zero-order valence-corrected chi connectivity index (χ0v) is 21.4. The van der Waals surface area contributed by atoms with Crippen molar-refractivity contribution < 1.29 is 4.79 Å². The van der Waals surface area contributed by atoms with Crippen molar-refractivity contribution in [2.24, 2.45) is 11.3 Å². The Morgan fingerprint density at radius 3 is 2.64 bits per heavy atom. The Balaban J connectivity index is 1.31. The number of carbonyl (C=O) groups excluding carboxylic acids is 1. The summed E-state index contributed by atoms with van der Waals surface area (Å²) in [6.07, 6.45) is 4.79. The minimum absolute atomic E-state index is 0.237. The third-order valence-corrected chi connectivity index (χ3v) is 8.46. The highest BCUT2D eigenvalue weighted by atomic mass is 79.9. The molecule has 2 aromatic heterocycles. The second kappa shape index (κ2) is 8.39. The van der Waals surface area contributed by atoms with Gasteiger partial charge in [-0.25, -0.2) is 4.98 Å². The Hall–Kier alpha value is -3.29. The fourth-order valence-corrected chi connectivity index (χ4v) is 6.11. The molecule has 0 bridgehead atoms. The fraction of sp³-hybridized carbons (Fsp3) is 0.276. The Morgan fingerprint density at radius 2 is 1.86 bits per heavy atom. The van der Waals surface area contributed by atoms with E-state index in [4.69, 9.17) is 4.98 Å². The van der Waals surface area contributed by atoms with Crippen LogP contribution in [0.2, 0.25) is 0 Å². The van der Waals surface area contributed by atoms with Crippen LogP contribution in [0.5, 0.6) is 0 Å². The maximum Gasteiger partial charge on any atom is 0.145 e. The van der Waals surface area contributed by atoms with Crippen LogP contribution in [0.1, 0.15) is 19.3 Å².